The monoisotopic (exact) mass is 330 g/mol. The summed E-state index contributed by atoms with van der Waals surface area (Å²) in [4.78, 5) is 1.39. The number of hydrogen-bond donors (Lipinski definition) is 1. The highest BCUT2D eigenvalue weighted by Crippen LogP contribution is 2.28. The molecule has 0 aromatic carbocycles. The van der Waals surface area contributed by atoms with Crippen molar-refractivity contribution in [3.8, 4) is 0 Å². The first kappa shape index (κ1) is 15.4. The second-order valence-electron chi connectivity index (χ2n) is 5.63. The van der Waals surface area contributed by atoms with Crippen LogP contribution in [-0.2, 0) is 21.3 Å². The molecule has 1 aromatic heterocycles. The Hall–Kier alpha value is -0.470. The predicted molar refractivity (Wildman–Crippen MR) is 83.0 cm³/mol. The highest BCUT2D eigenvalue weighted by Gasteiger charge is 2.32. The third-order valence-electron chi connectivity index (χ3n) is 4.01. The van der Waals surface area contributed by atoms with Gasteiger partial charge in [-0.3, -0.25) is 0 Å². The summed E-state index contributed by atoms with van der Waals surface area (Å²) in [6.07, 6.45) is 3.26. The molecule has 21 heavy (non-hydrogen) atoms. The lowest BCUT2D eigenvalue weighted by molar-refractivity contribution is -0.00278. The summed E-state index contributed by atoms with van der Waals surface area (Å²) < 4.78 is 32.8. The van der Waals surface area contributed by atoms with Crippen LogP contribution in [0.1, 0.15) is 31.1 Å². The average Bonchev–Trinajstić information content (AvgIpc) is 3.20. The van der Waals surface area contributed by atoms with Crippen LogP contribution in [0.2, 0.25) is 0 Å². The maximum absolute atomic E-state index is 12.8. The first-order valence-corrected chi connectivity index (χ1v) is 9.84. The zero-order valence-corrected chi connectivity index (χ0v) is 13.9. The van der Waals surface area contributed by atoms with E-state index in [-0.39, 0.29) is 6.10 Å². The second-order valence-corrected chi connectivity index (χ2v) is 8.53. The van der Waals surface area contributed by atoms with Gasteiger partial charge in [-0.2, -0.15) is 4.31 Å². The molecule has 0 bridgehead atoms. The minimum atomic E-state index is -3.40. The Kier molecular flexibility index (Phi) is 4.66. The van der Waals surface area contributed by atoms with E-state index in [0.29, 0.717) is 37.2 Å². The molecule has 7 heteroatoms. The van der Waals surface area contributed by atoms with Gasteiger partial charge >= 0.3 is 0 Å². The largest absolute Gasteiger partial charge is 0.375 e. The van der Waals surface area contributed by atoms with Crippen molar-refractivity contribution >= 4 is 21.4 Å². The minimum absolute atomic E-state index is 0.0141. The van der Waals surface area contributed by atoms with E-state index in [1.165, 1.54) is 24.2 Å². The Labute approximate surface area is 130 Å². The summed E-state index contributed by atoms with van der Waals surface area (Å²) in [5.74, 6) is 0. The molecule has 1 saturated carbocycles. The first-order valence-electron chi connectivity index (χ1n) is 7.52. The van der Waals surface area contributed by atoms with Crippen molar-refractivity contribution in [3.05, 3.63) is 16.3 Å². The maximum Gasteiger partial charge on any atom is 0.244 e. The summed E-state index contributed by atoms with van der Waals surface area (Å²) in [6, 6.07) is 2.32. The molecule has 1 N–H and O–H groups in total. The molecule has 2 fully saturated rings. The van der Waals surface area contributed by atoms with Gasteiger partial charge in [0, 0.05) is 30.6 Å². The van der Waals surface area contributed by atoms with Crippen molar-refractivity contribution in [1.29, 1.82) is 0 Å². The molecule has 0 spiro atoms. The quantitative estimate of drug-likeness (QED) is 0.864. The Morgan fingerprint density at radius 1 is 1.48 bits per heavy atom. The van der Waals surface area contributed by atoms with Gasteiger partial charge in [0.05, 0.1) is 17.6 Å². The van der Waals surface area contributed by atoms with E-state index in [1.54, 1.807) is 10.4 Å². The highest BCUT2D eigenvalue weighted by molar-refractivity contribution is 7.89. The summed E-state index contributed by atoms with van der Waals surface area (Å²) in [5.41, 5.74) is 0. The van der Waals surface area contributed by atoms with Gasteiger partial charge in [0.1, 0.15) is 0 Å². The van der Waals surface area contributed by atoms with Crippen LogP contribution in [0.5, 0.6) is 0 Å². The van der Waals surface area contributed by atoms with Crippen LogP contribution >= 0.6 is 11.3 Å². The van der Waals surface area contributed by atoms with Crippen LogP contribution in [0.4, 0.5) is 0 Å². The summed E-state index contributed by atoms with van der Waals surface area (Å²) >= 11 is 1.52. The number of nitrogens with one attached hydrogen (secondary N) is 1. The Balaban J connectivity index is 1.75. The highest BCUT2D eigenvalue weighted by atomic mass is 32.2. The molecule has 118 valence electrons. The van der Waals surface area contributed by atoms with Crippen LogP contribution in [-0.4, -0.2) is 44.6 Å². The van der Waals surface area contributed by atoms with Gasteiger partial charge in [-0.25, -0.2) is 8.42 Å². The van der Waals surface area contributed by atoms with Gasteiger partial charge in [0.25, 0.3) is 0 Å². The van der Waals surface area contributed by atoms with Crippen molar-refractivity contribution in [1.82, 2.24) is 9.62 Å². The molecule has 1 aliphatic heterocycles. The van der Waals surface area contributed by atoms with E-state index in [1.807, 2.05) is 12.3 Å². The lowest BCUT2D eigenvalue weighted by atomic mass is 10.2. The summed E-state index contributed by atoms with van der Waals surface area (Å²) in [7, 11) is -3.40. The van der Waals surface area contributed by atoms with E-state index in [4.69, 9.17) is 4.74 Å². The van der Waals surface area contributed by atoms with Crippen molar-refractivity contribution in [2.45, 2.75) is 49.8 Å². The zero-order chi connectivity index (χ0) is 14.9. The third kappa shape index (κ3) is 3.48. The predicted octanol–water partition coefficient (Wildman–Crippen LogP) is 1.80. The molecule has 2 aliphatic rings. The van der Waals surface area contributed by atoms with E-state index in [2.05, 4.69) is 5.32 Å². The molecule has 0 amide bonds. The molecule has 5 nitrogen and oxygen atoms in total. The smallest absolute Gasteiger partial charge is 0.244 e. The number of thiophene rings is 1. The van der Waals surface area contributed by atoms with E-state index in [9.17, 15) is 8.42 Å². The fourth-order valence-corrected chi connectivity index (χ4v) is 5.33. The van der Waals surface area contributed by atoms with Gasteiger partial charge in [0.2, 0.25) is 10.0 Å². The van der Waals surface area contributed by atoms with Gasteiger partial charge in [0.15, 0.2) is 0 Å². The first-order chi connectivity index (χ1) is 10.1. The number of morpholine rings is 1. The molecule has 2 heterocycles. The number of ether oxygens (including phenoxy) is 1. The van der Waals surface area contributed by atoms with E-state index in [0.717, 1.165) is 11.3 Å². The standard InChI is InChI=1S/C14H22N2O3S2/c1-2-12-10-16(6-7-19-12)21(17,18)14-5-8-20-13(14)9-15-11-3-4-11/h5,8,11-12,15H,2-4,6-7,9-10H2,1H3. The maximum atomic E-state index is 12.8. The molecule has 1 saturated heterocycles. The van der Waals surface area contributed by atoms with Gasteiger partial charge in [-0.15, -0.1) is 11.3 Å². The second kappa shape index (κ2) is 6.34. The molecule has 0 radical (unpaired) electrons. The lowest BCUT2D eigenvalue weighted by Crippen LogP contribution is -2.45. The van der Waals surface area contributed by atoms with Crippen LogP contribution < -0.4 is 5.32 Å². The van der Waals surface area contributed by atoms with Crippen molar-refractivity contribution in [2.75, 3.05) is 19.7 Å². The SMILES string of the molecule is CCC1CN(S(=O)(=O)c2ccsc2CNC2CC2)CCO1. The fourth-order valence-electron chi connectivity index (χ4n) is 2.51. The van der Waals surface area contributed by atoms with E-state index >= 15 is 0 Å². The Bertz CT molecular complexity index is 581. The van der Waals surface area contributed by atoms with Crippen molar-refractivity contribution < 1.29 is 13.2 Å². The molecular weight excluding hydrogens is 308 g/mol. The number of nitrogens with zero attached hydrogens (tertiary/aromatic N) is 1. The van der Waals surface area contributed by atoms with Gasteiger partial charge in [-0.05, 0) is 30.7 Å². The van der Waals surface area contributed by atoms with Crippen molar-refractivity contribution in [2.24, 2.45) is 0 Å². The van der Waals surface area contributed by atoms with Crippen LogP contribution in [0.3, 0.4) is 0 Å². The van der Waals surface area contributed by atoms with E-state index < -0.39 is 10.0 Å². The van der Waals surface area contributed by atoms with Crippen LogP contribution in [0.25, 0.3) is 0 Å². The normalized spacial score (nSPS) is 24.3. The Morgan fingerprint density at radius 2 is 2.29 bits per heavy atom. The number of rotatable bonds is 6. The van der Waals surface area contributed by atoms with Crippen molar-refractivity contribution in [3.63, 3.8) is 0 Å². The molecule has 1 aromatic rings. The van der Waals surface area contributed by atoms with Crippen LogP contribution in [0.15, 0.2) is 16.3 Å². The zero-order valence-electron chi connectivity index (χ0n) is 12.2. The summed E-state index contributed by atoms with van der Waals surface area (Å²) in [5, 5.41) is 5.27. The lowest BCUT2D eigenvalue weighted by Gasteiger charge is -2.31. The minimum Gasteiger partial charge on any atom is -0.375 e. The van der Waals surface area contributed by atoms with Gasteiger partial charge in [-0.1, -0.05) is 6.92 Å². The molecule has 3 rings (SSSR count). The molecular formula is C14H22N2O3S2. The average molecular weight is 330 g/mol. The summed E-state index contributed by atoms with van der Waals surface area (Å²) in [6.45, 7) is 4.07. The van der Waals surface area contributed by atoms with Gasteiger partial charge < -0.3 is 10.1 Å². The topological polar surface area (TPSA) is 58.6 Å². The number of sulfonamides is 1. The number of hydrogen-bond acceptors (Lipinski definition) is 5. The molecule has 1 aliphatic carbocycles. The third-order valence-corrected chi connectivity index (χ3v) is 7.01. The van der Waals surface area contributed by atoms with Crippen LogP contribution in [0, 0.1) is 0 Å². The Morgan fingerprint density at radius 3 is 3.00 bits per heavy atom. The fraction of sp³-hybridized carbons (Fsp3) is 0.714. The molecule has 1 atom stereocenters. The molecule has 1 unspecified atom stereocenters.